The third kappa shape index (κ3) is 18.9. The van der Waals surface area contributed by atoms with Gasteiger partial charge in [0.25, 0.3) is 0 Å². The van der Waals surface area contributed by atoms with Gasteiger partial charge in [-0.2, -0.15) is 0 Å². The Morgan fingerprint density at radius 1 is 0.509 bits per heavy atom. The standard InChI is InChI=1S/C51H74O2/c1-38(2)20-13-21-39(3)22-14-23-40(4)24-15-25-41(5)26-16-27-42(6)28-17-29-43(7)30-18-31-44(8)32-19-33-45(9)36-37-47-46(10)50(52)48-34-11-12-35-49(48)51(47)53/h11-12,20,22,24,26,28,30,34-36,44H,13-19,21,23,25,27,29,31-33,37H2,1-10H3/t44-/m0/s1. The summed E-state index contributed by atoms with van der Waals surface area (Å²) >= 11 is 0. The van der Waals surface area contributed by atoms with E-state index in [0.29, 0.717) is 34.6 Å². The maximum absolute atomic E-state index is 13.0. The molecule has 290 valence electrons. The lowest BCUT2D eigenvalue weighted by Crippen LogP contribution is -2.20. The number of carbonyl (C=O) groups is 2. The number of fused-ring (bicyclic) bond motifs is 1. The smallest absolute Gasteiger partial charge is 0.190 e. The van der Waals surface area contributed by atoms with Crippen LogP contribution in [0.5, 0.6) is 0 Å². The minimum absolute atomic E-state index is 0.00344. The monoisotopic (exact) mass is 719 g/mol. The molecular formula is C51H74O2. The van der Waals surface area contributed by atoms with Gasteiger partial charge in [0, 0.05) is 22.3 Å². The second-order valence-electron chi connectivity index (χ2n) is 16.4. The highest BCUT2D eigenvalue weighted by Gasteiger charge is 2.28. The van der Waals surface area contributed by atoms with Crippen molar-refractivity contribution in [2.24, 2.45) is 5.92 Å². The van der Waals surface area contributed by atoms with E-state index in [2.05, 4.69) is 105 Å². The van der Waals surface area contributed by atoms with Crippen molar-refractivity contribution < 1.29 is 9.59 Å². The van der Waals surface area contributed by atoms with E-state index >= 15 is 0 Å². The second-order valence-corrected chi connectivity index (χ2v) is 16.4. The molecule has 2 heteroatoms. The molecule has 53 heavy (non-hydrogen) atoms. The molecular weight excluding hydrogens is 645 g/mol. The molecule has 1 aromatic carbocycles. The van der Waals surface area contributed by atoms with Crippen molar-refractivity contribution >= 4 is 11.6 Å². The van der Waals surface area contributed by atoms with Crippen LogP contribution >= 0.6 is 0 Å². The summed E-state index contributed by atoms with van der Waals surface area (Å²) in [6.07, 6.45) is 34.6. The Morgan fingerprint density at radius 2 is 0.906 bits per heavy atom. The van der Waals surface area contributed by atoms with Crippen molar-refractivity contribution in [3.05, 3.63) is 128 Å². The topological polar surface area (TPSA) is 34.1 Å². The van der Waals surface area contributed by atoms with Gasteiger partial charge in [-0.3, -0.25) is 9.59 Å². The molecule has 1 aliphatic carbocycles. The normalized spacial score (nSPS) is 15.7. The first-order valence-electron chi connectivity index (χ1n) is 20.7. The van der Waals surface area contributed by atoms with Gasteiger partial charge >= 0.3 is 0 Å². The fourth-order valence-electron chi connectivity index (χ4n) is 6.95. The number of carbonyl (C=O) groups excluding carboxylic acids is 2. The average molecular weight is 719 g/mol. The molecule has 0 aliphatic heterocycles. The van der Waals surface area contributed by atoms with Gasteiger partial charge in [0.1, 0.15) is 0 Å². The van der Waals surface area contributed by atoms with Gasteiger partial charge in [0.05, 0.1) is 0 Å². The summed E-state index contributed by atoms with van der Waals surface area (Å²) in [5.41, 5.74) is 12.6. The predicted octanol–water partition coefficient (Wildman–Crippen LogP) is 15.9. The maximum atomic E-state index is 13.0. The van der Waals surface area contributed by atoms with Gasteiger partial charge in [-0.05, 0) is 165 Å². The van der Waals surface area contributed by atoms with Crippen LogP contribution in [-0.2, 0) is 0 Å². The van der Waals surface area contributed by atoms with Gasteiger partial charge in [0.15, 0.2) is 11.6 Å². The van der Waals surface area contributed by atoms with E-state index in [1.54, 1.807) is 19.1 Å². The second kappa shape index (κ2) is 25.5. The highest BCUT2D eigenvalue weighted by Crippen LogP contribution is 2.29. The van der Waals surface area contributed by atoms with Crippen LogP contribution in [-0.4, -0.2) is 11.6 Å². The zero-order chi connectivity index (χ0) is 39.2. The molecule has 0 amide bonds. The quantitative estimate of drug-likeness (QED) is 0.0997. The number of rotatable bonds is 24. The van der Waals surface area contributed by atoms with Crippen LogP contribution in [0.4, 0.5) is 0 Å². The maximum Gasteiger partial charge on any atom is 0.190 e. The minimum Gasteiger partial charge on any atom is -0.289 e. The number of hydrogen-bond acceptors (Lipinski definition) is 2. The van der Waals surface area contributed by atoms with Crippen molar-refractivity contribution in [1.29, 1.82) is 0 Å². The zero-order valence-electron chi connectivity index (χ0n) is 35.6. The molecule has 2 rings (SSSR count). The Bertz CT molecular complexity index is 1590. The Morgan fingerprint density at radius 3 is 1.36 bits per heavy atom. The molecule has 0 radical (unpaired) electrons. The first kappa shape index (κ1) is 45.6. The molecule has 0 bridgehead atoms. The van der Waals surface area contributed by atoms with E-state index in [4.69, 9.17) is 0 Å². The minimum atomic E-state index is -0.0135. The lowest BCUT2D eigenvalue weighted by Gasteiger charge is -2.18. The average Bonchev–Trinajstić information content (AvgIpc) is 3.10. The Labute approximate surface area is 326 Å². The Balaban J connectivity index is 1.59. The Kier molecular flexibility index (Phi) is 21.9. The van der Waals surface area contributed by atoms with E-state index in [1.807, 2.05) is 12.1 Å². The van der Waals surface area contributed by atoms with Crippen LogP contribution in [0.15, 0.2) is 117 Å². The highest BCUT2D eigenvalue weighted by atomic mass is 16.1. The van der Waals surface area contributed by atoms with Crippen LogP contribution in [0.2, 0.25) is 0 Å². The van der Waals surface area contributed by atoms with Crippen LogP contribution in [0.25, 0.3) is 0 Å². The summed E-state index contributed by atoms with van der Waals surface area (Å²) in [5.74, 6) is 0.688. The summed E-state index contributed by atoms with van der Waals surface area (Å²) < 4.78 is 0. The van der Waals surface area contributed by atoms with Gasteiger partial charge in [-0.15, -0.1) is 0 Å². The van der Waals surface area contributed by atoms with E-state index in [9.17, 15) is 9.59 Å². The van der Waals surface area contributed by atoms with E-state index < -0.39 is 0 Å². The third-order valence-electron chi connectivity index (χ3n) is 10.8. The molecule has 0 heterocycles. The van der Waals surface area contributed by atoms with Crippen molar-refractivity contribution in [3.63, 3.8) is 0 Å². The number of allylic oxidation sites excluding steroid dienone is 16. The molecule has 1 aliphatic rings. The number of ketones is 2. The van der Waals surface area contributed by atoms with Gasteiger partial charge < -0.3 is 0 Å². The number of benzene rings is 1. The molecule has 0 saturated heterocycles. The van der Waals surface area contributed by atoms with Crippen LogP contribution in [0.3, 0.4) is 0 Å². The summed E-state index contributed by atoms with van der Waals surface area (Å²) in [6, 6.07) is 7.18. The van der Waals surface area contributed by atoms with Gasteiger partial charge in [-0.25, -0.2) is 0 Å². The van der Waals surface area contributed by atoms with Crippen LogP contribution in [0, 0.1) is 5.92 Å². The van der Waals surface area contributed by atoms with Crippen LogP contribution in [0.1, 0.15) is 193 Å². The SMILES string of the molecule is CC(C)=CCCC(C)=CCCC(C)=CCCC(C)=CCCC(C)=CCCC(C)=CCC[C@H](C)CCCC(C)=CCC1=C(C)C(=O)c2ccccc2C1=O. The van der Waals surface area contributed by atoms with Gasteiger partial charge in [0.2, 0.25) is 0 Å². The molecule has 0 N–H and O–H groups in total. The van der Waals surface area contributed by atoms with Gasteiger partial charge in [-0.1, -0.05) is 119 Å². The highest BCUT2D eigenvalue weighted by molar-refractivity contribution is 6.26. The fraction of sp³-hybridized carbons (Fsp3) is 0.529. The lowest BCUT2D eigenvalue weighted by atomic mass is 9.83. The summed E-state index contributed by atoms with van der Waals surface area (Å²) in [6.45, 7) is 22.1. The van der Waals surface area contributed by atoms with E-state index in [0.717, 1.165) is 64.2 Å². The fourth-order valence-corrected chi connectivity index (χ4v) is 6.95. The number of hydrogen-bond donors (Lipinski definition) is 0. The summed E-state index contributed by atoms with van der Waals surface area (Å²) in [4.78, 5) is 25.8. The van der Waals surface area contributed by atoms with E-state index in [-0.39, 0.29) is 11.6 Å². The summed E-state index contributed by atoms with van der Waals surface area (Å²) in [5, 5.41) is 0. The molecule has 0 aromatic heterocycles. The molecule has 1 aromatic rings. The predicted molar refractivity (Wildman–Crippen MR) is 233 cm³/mol. The first-order valence-corrected chi connectivity index (χ1v) is 20.7. The molecule has 0 fully saturated rings. The third-order valence-corrected chi connectivity index (χ3v) is 10.8. The molecule has 0 spiro atoms. The largest absolute Gasteiger partial charge is 0.289 e. The Hall–Kier alpha value is -3.52. The molecule has 1 atom stereocenters. The van der Waals surface area contributed by atoms with Crippen molar-refractivity contribution in [2.75, 3.05) is 0 Å². The van der Waals surface area contributed by atoms with Crippen molar-refractivity contribution in [2.45, 2.75) is 172 Å². The lowest BCUT2D eigenvalue weighted by molar-refractivity contribution is 0.0973. The zero-order valence-corrected chi connectivity index (χ0v) is 35.6. The summed E-state index contributed by atoms with van der Waals surface area (Å²) in [7, 11) is 0. The molecule has 0 unspecified atom stereocenters. The van der Waals surface area contributed by atoms with E-state index in [1.165, 1.54) is 71.1 Å². The van der Waals surface area contributed by atoms with Crippen molar-refractivity contribution in [3.8, 4) is 0 Å². The van der Waals surface area contributed by atoms with Crippen molar-refractivity contribution in [1.82, 2.24) is 0 Å². The molecule has 2 nitrogen and oxygen atoms in total. The molecule has 0 saturated carbocycles. The first-order chi connectivity index (χ1) is 25.3. The van der Waals surface area contributed by atoms with Crippen LogP contribution < -0.4 is 0 Å². The number of Topliss-reactive ketones (excluding diaryl/α,β-unsaturated/α-hetero) is 2.